The molecule has 4 heteroatoms. The zero-order valence-corrected chi connectivity index (χ0v) is 12.0. The van der Waals surface area contributed by atoms with E-state index < -0.39 is 0 Å². The molecular weight excluding hydrogens is 250 g/mol. The van der Waals surface area contributed by atoms with Crippen LogP contribution < -0.4 is 10.6 Å². The molecule has 1 aliphatic heterocycles. The molecule has 20 heavy (non-hydrogen) atoms. The fourth-order valence-corrected chi connectivity index (χ4v) is 2.83. The average molecular weight is 269 g/mol. The first-order valence-corrected chi connectivity index (χ1v) is 7.05. The van der Waals surface area contributed by atoms with Crippen molar-refractivity contribution in [3.8, 4) is 0 Å². The largest absolute Gasteiger partial charge is 0.367 e. The lowest BCUT2D eigenvalue weighted by atomic mass is 9.90. The Labute approximate surface area is 118 Å². The summed E-state index contributed by atoms with van der Waals surface area (Å²) in [6, 6.07) is 8.53. The second kappa shape index (κ2) is 4.78. The van der Waals surface area contributed by atoms with E-state index in [0.29, 0.717) is 18.3 Å². The SMILES string of the molecule is CC(C)Nc1nc2c(c3ccccc13)C(C)CC(=O)N2. The molecule has 0 bridgehead atoms. The van der Waals surface area contributed by atoms with E-state index in [4.69, 9.17) is 0 Å². The van der Waals surface area contributed by atoms with Gasteiger partial charge in [0, 0.05) is 23.4 Å². The lowest BCUT2D eigenvalue weighted by molar-refractivity contribution is -0.116. The number of carbonyl (C=O) groups excluding carboxylic acids is 1. The maximum absolute atomic E-state index is 11.7. The van der Waals surface area contributed by atoms with Crippen molar-refractivity contribution >= 4 is 28.3 Å². The average Bonchev–Trinajstić information content (AvgIpc) is 2.37. The lowest BCUT2D eigenvalue weighted by Gasteiger charge is -2.25. The predicted molar refractivity (Wildman–Crippen MR) is 82.2 cm³/mol. The van der Waals surface area contributed by atoms with Gasteiger partial charge in [-0.3, -0.25) is 4.79 Å². The highest BCUT2D eigenvalue weighted by Crippen LogP contribution is 2.38. The molecule has 1 unspecified atom stereocenters. The molecule has 2 heterocycles. The van der Waals surface area contributed by atoms with E-state index >= 15 is 0 Å². The Kier molecular flexibility index (Phi) is 3.08. The van der Waals surface area contributed by atoms with Crippen molar-refractivity contribution in [2.75, 3.05) is 10.6 Å². The van der Waals surface area contributed by atoms with E-state index in [0.717, 1.165) is 16.8 Å². The van der Waals surface area contributed by atoms with Gasteiger partial charge in [0.2, 0.25) is 5.91 Å². The smallest absolute Gasteiger partial charge is 0.226 e. The Morgan fingerprint density at radius 2 is 2.00 bits per heavy atom. The summed E-state index contributed by atoms with van der Waals surface area (Å²) in [5.74, 6) is 1.78. The number of nitrogens with one attached hydrogen (secondary N) is 2. The van der Waals surface area contributed by atoms with Crippen LogP contribution in [0.15, 0.2) is 24.3 Å². The van der Waals surface area contributed by atoms with Crippen LogP contribution in [0.25, 0.3) is 10.8 Å². The zero-order valence-electron chi connectivity index (χ0n) is 12.0. The Bertz CT molecular complexity index is 679. The first-order valence-electron chi connectivity index (χ1n) is 7.05. The highest BCUT2D eigenvalue weighted by molar-refractivity contribution is 6.03. The number of amides is 1. The van der Waals surface area contributed by atoms with Crippen molar-refractivity contribution in [1.82, 2.24) is 4.98 Å². The van der Waals surface area contributed by atoms with Gasteiger partial charge in [-0.05, 0) is 25.2 Å². The molecule has 4 nitrogen and oxygen atoms in total. The van der Waals surface area contributed by atoms with Gasteiger partial charge in [-0.2, -0.15) is 0 Å². The first-order chi connectivity index (χ1) is 9.56. The normalized spacial score (nSPS) is 18.0. The van der Waals surface area contributed by atoms with Crippen molar-refractivity contribution in [3.05, 3.63) is 29.8 Å². The zero-order chi connectivity index (χ0) is 14.3. The topological polar surface area (TPSA) is 54.0 Å². The molecule has 0 saturated heterocycles. The van der Waals surface area contributed by atoms with Crippen LogP contribution in [0.3, 0.4) is 0 Å². The molecule has 2 N–H and O–H groups in total. The molecule has 1 aromatic heterocycles. The van der Waals surface area contributed by atoms with Crippen LogP contribution in [-0.4, -0.2) is 16.9 Å². The predicted octanol–water partition coefficient (Wildman–Crippen LogP) is 3.50. The summed E-state index contributed by atoms with van der Waals surface area (Å²) in [6.45, 7) is 6.25. The van der Waals surface area contributed by atoms with Crippen LogP contribution in [0, 0.1) is 0 Å². The molecular formula is C16H19N3O. The molecule has 1 amide bonds. The molecule has 0 radical (unpaired) electrons. The summed E-state index contributed by atoms with van der Waals surface area (Å²) in [7, 11) is 0. The van der Waals surface area contributed by atoms with Crippen molar-refractivity contribution in [2.45, 2.75) is 39.2 Å². The number of hydrogen-bond acceptors (Lipinski definition) is 3. The molecule has 1 aromatic carbocycles. The fraction of sp³-hybridized carbons (Fsp3) is 0.375. The van der Waals surface area contributed by atoms with Gasteiger partial charge in [-0.25, -0.2) is 4.98 Å². The second-order valence-electron chi connectivity index (χ2n) is 5.72. The molecule has 0 fully saturated rings. The highest BCUT2D eigenvalue weighted by Gasteiger charge is 2.26. The molecule has 104 valence electrons. The maximum atomic E-state index is 11.7. The van der Waals surface area contributed by atoms with Gasteiger partial charge in [0.25, 0.3) is 0 Å². The number of rotatable bonds is 2. The highest BCUT2D eigenvalue weighted by atomic mass is 16.1. The second-order valence-corrected chi connectivity index (χ2v) is 5.72. The van der Waals surface area contributed by atoms with E-state index in [1.807, 2.05) is 12.1 Å². The van der Waals surface area contributed by atoms with E-state index in [2.05, 4.69) is 48.5 Å². The van der Waals surface area contributed by atoms with Gasteiger partial charge in [0.15, 0.2) is 0 Å². The fourth-order valence-electron chi connectivity index (χ4n) is 2.83. The van der Waals surface area contributed by atoms with Crippen molar-refractivity contribution in [2.24, 2.45) is 0 Å². The number of benzene rings is 1. The third-order valence-corrected chi connectivity index (χ3v) is 3.62. The number of nitrogens with zero attached hydrogens (tertiary/aromatic N) is 1. The Balaban J connectivity index is 2.27. The molecule has 0 saturated carbocycles. The Morgan fingerprint density at radius 1 is 1.30 bits per heavy atom. The van der Waals surface area contributed by atoms with Gasteiger partial charge >= 0.3 is 0 Å². The summed E-state index contributed by atoms with van der Waals surface area (Å²) in [5, 5.41) is 8.56. The lowest BCUT2D eigenvalue weighted by Crippen LogP contribution is -2.24. The molecule has 1 atom stereocenters. The summed E-state index contributed by atoms with van der Waals surface area (Å²) in [5.41, 5.74) is 1.15. The Morgan fingerprint density at radius 3 is 2.70 bits per heavy atom. The number of fused-ring (bicyclic) bond motifs is 3. The van der Waals surface area contributed by atoms with Crippen LogP contribution in [0.1, 0.15) is 38.7 Å². The van der Waals surface area contributed by atoms with Gasteiger partial charge in [0.05, 0.1) is 0 Å². The van der Waals surface area contributed by atoms with Crippen LogP contribution in [-0.2, 0) is 4.79 Å². The minimum atomic E-state index is 0.0447. The number of pyridine rings is 1. The molecule has 0 spiro atoms. The minimum Gasteiger partial charge on any atom is -0.367 e. The van der Waals surface area contributed by atoms with E-state index in [9.17, 15) is 4.79 Å². The monoisotopic (exact) mass is 269 g/mol. The summed E-state index contributed by atoms with van der Waals surface area (Å²) < 4.78 is 0. The summed E-state index contributed by atoms with van der Waals surface area (Å²) in [6.07, 6.45) is 0.523. The molecule has 0 aliphatic carbocycles. The third kappa shape index (κ3) is 2.11. The van der Waals surface area contributed by atoms with Crippen molar-refractivity contribution in [1.29, 1.82) is 0 Å². The van der Waals surface area contributed by atoms with Crippen LogP contribution in [0.5, 0.6) is 0 Å². The van der Waals surface area contributed by atoms with Crippen LogP contribution in [0.2, 0.25) is 0 Å². The Hall–Kier alpha value is -2.10. The van der Waals surface area contributed by atoms with Crippen LogP contribution >= 0.6 is 0 Å². The van der Waals surface area contributed by atoms with E-state index in [1.165, 1.54) is 5.39 Å². The quantitative estimate of drug-likeness (QED) is 0.877. The summed E-state index contributed by atoms with van der Waals surface area (Å²) in [4.78, 5) is 16.4. The van der Waals surface area contributed by atoms with Gasteiger partial charge < -0.3 is 10.6 Å². The number of carbonyl (C=O) groups is 1. The summed E-state index contributed by atoms with van der Waals surface area (Å²) >= 11 is 0. The minimum absolute atomic E-state index is 0.0447. The number of anilines is 2. The van der Waals surface area contributed by atoms with Crippen LogP contribution in [0.4, 0.5) is 11.6 Å². The van der Waals surface area contributed by atoms with Crippen molar-refractivity contribution in [3.63, 3.8) is 0 Å². The molecule has 3 rings (SSSR count). The first kappa shape index (κ1) is 12.9. The third-order valence-electron chi connectivity index (χ3n) is 3.62. The number of aromatic nitrogens is 1. The van der Waals surface area contributed by atoms with E-state index in [1.54, 1.807) is 0 Å². The van der Waals surface area contributed by atoms with Gasteiger partial charge in [0.1, 0.15) is 11.6 Å². The maximum Gasteiger partial charge on any atom is 0.226 e. The number of hydrogen-bond donors (Lipinski definition) is 2. The molecule has 1 aliphatic rings. The van der Waals surface area contributed by atoms with Gasteiger partial charge in [-0.15, -0.1) is 0 Å². The standard InChI is InChI=1S/C16H19N3O/c1-9(2)17-15-12-7-5-4-6-11(12)14-10(3)8-13(20)18-16(14)19-15/h4-7,9-10H,8H2,1-3H3,(H2,17,18,19,20). The van der Waals surface area contributed by atoms with Crippen molar-refractivity contribution < 1.29 is 4.79 Å². The molecule has 2 aromatic rings. The van der Waals surface area contributed by atoms with Gasteiger partial charge in [-0.1, -0.05) is 31.2 Å². The van der Waals surface area contributed by atoms with E-state index in [-0.39, 0.29) is 11.8 Å².